The van der Waals surface area contributed by atoms with E-state index in [0.717, 1.165) is 51.1 Å². The third-order valence-electron chi connectivity index (χ3n) is 5.80. The van der Waals surface area contributed by atoms with Crippen LogP contribution in [0.15, 0.2) is 60.7 Å². The van der Waals surface area contributed by atoms with Crippen molar-refractivity contribution in [3.8, 4) is 5.75 Å². The number of ether oxygens (including phenoxy) is 1. The summed E-state index contributed by atoms with van der Waals surface area (Å²) in [4.78, 5) is 3.66. The van der Waals surface area contributed by atoms with Gasteiger partial charge in [0.1, 0.15) is 5.75 Å². The van der Waals surface area contributed by atoms with E-state index in [2.05, 4.69) is 71.0 Å². The Bertz CT molecular complexity index is 1110. The Kier molecular flexibility index (Phi) is 6.08. The summed E-state index contributed by atoms with van der Waals surface area (Å²) in [5.41, 5.74) is 5.67. The third kappa shape index (κ3) is 3.98. The van der Waals surface area contributed by atoms with Crippen molar-refractivity contribution in [2.45, 2.75) is 25.7 Å². The highest BCUT2D eigenvalue weighted by molar-refractivity contribution is 5.89. The molecule has 0 unspecified atom stereocenters. The average Bonchev–Trinajstić information content (AvgIpc) is 2.93. The summed E-state index contributed by atoms with van der Waals surface area (Å²) >= 11 is 0. The van der Waals surface area contributed by atoms with E-state index in [9.17, 15) is 0 Å². The minimum absolute atomic E-state index is 0. The van der Waals surface area contributed by atoms with Crippen LogP contribution in [0, 0.1) is 0 Å². The SMILES string of the molecule is Cl.c1ccc2c(OCCCc3cccc4[nH]c5c(c34)CCNCC5)cccc2c1. The summed E-state index contributed by atoms with van der Waals surface area (Å²) in [5, 5.41) is 7.38. The van der Waals surface area contributed by atoms with Gasteiger partial charge in [-0.05, 0) is 54.5 Å². The molecule has 0 fully saturated rings. The predicted molar refractivity (Wildman–Crippen MR) is 124 cm³/mol. The van der Waals surface area contributed by atoms with Gasteiger partial charge in [0.25, 0.3) is 0 Å². The molecule has 3 aromatic carbocycles. The molecule has 4 aromatic rings. The quantitative estimate of drug-likeness (QED) is 0.433. The van der Waals surface area contributed by atoms with Crippen molar-refractivity contribution in [1.29, 1.82) is 0 Å². The standard InChI is InChI=1S/C25H26N2O.ClH/c1-2-10-20-18(6-1)7-4-12-24(20)28-17-5-9-19-8-3-11-23-25(19)21-13-15-26-16-14-22(21)27-23;/h1-4,6-8,10-12,26-27H,5,9,13-17H2;1H. The number of H-pyrrole nitrogens is 1. The van der Waals surface area contributed by atoms with Crippen molar-refractivity contribution in [1.82, 2.24) is 10.3 Å². The molecule has 0 spiro atoms. The zero-order valence-electron chi connectivity index (χ0n) is 16.5. The molecule has 29 heavy (non-hydrogen) atoms. The van der Waals surface area contributed by atoms with E-state index in [1.165, 1.54) is 38.5 Å². The van der Waals surface area contributed by atoms with E-state index in [-0.39, 0.29) is 12.4 Å². The maximum Gasteiger partial charge on any atom is 0.127 e. The molecule has 0 aliphatic carbocycles. The van der Waals surface area contributed by atoms with Crippen LogP contribution in [0.1, 0.15) is 23.2 Å². The molecule has 3 nitrogen and oxygen atoms in total. The number of fused-ring (bicyclic) bond motifs is 4. The molecule has 5 rings (SSSR count). The molecule has 1 aromatic heterocycles. The molecule has 2 heterocycles. The summed E-state index contributed by atoms with van der Waals surface area (Å²) in [5.74, 6) is 0.984. The first-order chi connectivity index (χ1) is 13.9. The molecular formula is C25H27ClN2O. The van der Waals surface area contributed by atoms with Crippen molar-refractivity contribution in [2.24, 2.45) is 0 Å². The second kappa shape index (κ2) is 8.89. The van der Waals surface area contributed by atoms with Gasteiger partial charge in [-0.15, -0.1) is 12.4 Å². The second-order valence-electron chi connectivity index (χ2n) is 7.60. The van der Waals surface area contributed by atoms with Crippen LogP contribution in [0.5, 0.6) is 5.75 Å². The van der Waals surface area contributed by atoms with Crippen LogP contribution >= 0.6 is 12.4 Å². The minimum Gasteiger partial charge on any atom is -0.493 e. The van der Waals surface area contributed by atoms with Crippen molar-refractivity contribution in [3.63, 3.8) is 0 Å². The first-order valence-electron chi connectivity index (χ1n) is 10.3. The highest BCUT2D eigenvalue weighted by atomic mass is 35.5. The van der Waals surface area contributed by atoms with Crippen LogP contribution in [0.25, 0.3) is 21.7 Å². The van der Waals surface area contributed by atoms with Gasteiger partial charge in [-0.25, -0.2) is 0 Å². The predicted octanol–water partition coefficient (Wildman–Crippen LogP) is 5.44. The Hall–Kier alpha value is -2.49. The van der Waals surface area contributed by atoms with Gasteiger partial charge in [-0.3, -0.25) is 0 Å². The molecular weight excluding hydrogens is 380 g/mol. The van der Waals surface area contributed by atoms with Gasteiger partial charge in [0.15, 0.2) is 0 Å². The second-order valence-corrected chi connectivity index (χ2v) is 7.60. The Labute approximate surface area is 177 Å². The van der Waals surface area contributed by atoms with Gasteiger partial charge in [0.05, 0.1) is 6.61 Å². The lowest BCUT2D eigenvalue weighted by atomic mass is 9.99. The van der Waals surface area contributed by atoms with E-state index in [1.807, 2.05) is 0 Å². The Morgan fingerprint density at radius 2 is 1.69 bits per heavy atom. The first-order valence-corrected chi connectivity index (χ1v) is 10.3. The van der Waals surface area contributed by atoms with Crippen molar-refractivity contribution >= 4 is 34.1 Å². The summed E-state index contributed by atoms with van der Waals surface area (Å²) in [6, 6.07) is 21.4. The molecule has 0 saturated heterocycles. The van der Waals surface area contributed by atoms with Crippen LogP contribution in [0.4, 0.5) is 0 Å². The van der Waals surface area contributed by atoms with E-state index in [4.69, 9.17) is 4.74 Å². The fourth-order valence-corrected chi connectivity index (χ4v) is 4.47. The van der Waals surface area contributed by atoms with Crippen LogP contribution in [-0.2, 0) is 19.3 Å². The van der Waals surface area contributed by atoms with E-state index >= 15 is 0 Å². The van der Waals surface area contributed by atoms with Crippen molar-refractivity contribution < 1.29 is 4.74 Å². The molecule has 0 saturated carbocycles. The van der Waals surface area contributed by atoms with Gasteiger partial charge in [0, 0.05) is 34.9 Å². The lowest BCUT2D eigenvalue weighted by Gasteiger charge is -2.10. The topological polar surface area (TPSA) is 37.0 Å². The first kappa shape index (κ1) is 19.8. The molecule has 150 valence electrons. The van der Waals surface area contributed by atoms with Crippen molar-refractivity contribution in [3.05, 3.63) is 77.5 Å². The lowest BCUT2D eigenvalue weighted by molar-refractivity contribution is 0.315. The van der Waals surface area contributed by atoms with E-state index in [0.29, 0.717) is 0 Å². The van der Waals surface area contributed by atoms with Gasteiger partial charge in [-0.1, -0.05) is 48.5 Å². The number of aryl methyl sites for hydroxylation is 1. The highest BCUT2D eigenvalue weighted by Gasteiger charge is 2.16. The summed E-state index contributed by atoms with van der Waals surface area (Å²) in [6.45, 7) is 2.87. The van der Waals surface area contributed by atoms with Crippen LogP contribution in [0.3, 0.4) is 0 Å². The van der Waals surface area contributed by atoms with Crippen LogP contribution in [-0.4, -0.2) is 24.7 Å². The maximum absolute atomic E-state index is 6.15. The zero-order chi connectivity index (χ0) is 18.8. The molecule has 2 N–H and O–H groups in total. The molecule has 0 bridgehead atoms. The van der Waals surface area contributed by atoms with Crippen LogP contribution in [0.2, 0.25) is 0 Å². The fraction of sp³-hybridized carbons (Fsp3) is 0.280. The Balaban J connectivity index is 0.00000205. The number of aromatic amines is 1. The zero-order valence-corrected chi connectivity index (χ0v) is 17.4. The monoisotopic (exact) mass is 406 g/mol. The Morgan fingerprint density at radius 3 is 2.66 bits per heavy atom. The van der Waals surface area contributed by atoms with E-state index < -0.39 is 0 Å². The Morgan fingerprint density at radius 1 is 0.862 bits per heavy atom. The lowest BCUT2D eigenvalue weighted by Crippen LogP contribution is -2.16. The molecule has 0 radical (unpaired) electrons. The largest absolute Gasteiger partial charge is 0.493 e. The maximum atomic E-state index is 6.15. The molecule has 1 aliphatic rings. The minimum atomic E-state index is 0. The van der Waals surface area contributed by atoms with Gasteiger partial charge >= 0.3 is 0 Å². The molecule has 1 aliphatic heterocycles. The van der Waals surface area contributed by atoms with Crippen LogP contribution < -0.4 is 10.1 Å². The number of rotatable bonds is 5. The van der Waals surface area contributed by atoms with Gasteiger partial charge in [-0.2, -0.15) is 0 Å². The number of halogens is 1. The number of hydrogen-bond donors (Lipinski definition) is 2. The number of aromatic nitrogens is 1. The normalized spacial score (nSPS) is 13.7. The van der Waals surface area contributed by atoms with Gasteiger partial charge < -0.3 is 15.0 Å². The van der Waals surface area contributed by atoms with Gasteiger partial charge in [0.2, 0.25) is 0 Å². The molecule has 4 heteroatoms. The molecule has 0 amide bonds. The highest BCUT2D eigenvalue weighted by Crippen LogP contribution is 2.29. The smallest absolute Gasteiger partial charge is 0.127 e. The fourth-order valence-electron chi connectivity index (χ4n) is 4.47. The third-order valence-corrected chi connectivity index (χ3v) is 5.80. The summed E-state index contributed by atoms with van der Waals surface area (Å²) in [6.07, 6.45) is 4.26. The number of benzene rings is 3. The summed E-state index contributed by atoms with van der Waals surface area (Å²) in [7, 11) is 0. The van der Waals surface area contributed by atoms with E-state index in [1.54, 1.807) is 0 Å². The molecule has 0 atom stereocenters. The number of nitrogens with one attached hydrogen (secondary N) is 2. The summed E-state index contributed by atoms with van der Waals surface area (Å²) < 4.78 is 6.15. The van der Waals surface area contributed by atoms with Crippen molar-refractivity contribution in [2.75, 3.05) is 19.7 Å². The number of hydrogen-bond acceptors (Lipinski definition) is 2. The average molecular weight is 407 g/mol.